The van der Waals surface area contributed by atoms with Gasteiger partial charge < -0.3 is 15.7 Å². The summed E-state index contributed by atoms with van der Waals surface area (Å²) in [4.78, 5) is 13.3. The van der Waals surface area contributed by atoms with Crippen LogP contribution in [0.5, 0.6) is 0 Å². The lowest BCUT2D eigenvalue weighted by Gasteiger charge is -2.38. The molecule has 2 heterocycles. The summed E-state index contributed by atoms with van der Waals surface area (Å²) in [6, 6.07) is 8.57. The molecular weight excluding hydrogens is 390 g/mol. The molecule has 0 amide bonds. The molecule has 0 spiro atoms. The Bertz CT molecular complexity index is 1100. The van der Waals surface area contributed by atoms with Gasteiger partial charge in [-0.05, 0) is 68.1 Å². The zero-order chi connectivity index (χ0) is 21.0. The molecule has 3 N–H and O–H groups in total. The van der Waals surface area contributed by atoms with Gasteiger partial charge in [0, 0.05) is 23.5 Å². The van der Waals surface area contributed by atoms with Crippen LogP contribution in [0.3, 0.4) is 0 Å². The first-order chi connectivity index (χ1) is 15.0. The minimum absolute atomic E-state index is 0.402. The quantitative estimate of drug-likeness (QED) is 0.566. The van der Waals surface area contributed by atoms with E-state index < -0.39 is 5.60 Å². The summed E-state index contributed by atoms with van der Waals surface area (Å²) >= 11 is 0. The van der Waals surface area contributed by atoms with Crippen molar-refractivity contribution >= 4 is 17.5 Å². The van der Waals surface area contributed by atoms with Gasteiger partial charge >= 0.3 is 0 Å². The summed E-state index contributed by atoms with van der Waals surface area (Å²) < 4.78 is 1.79. The van der Waals surface area contributed by atoms with Crippen molar-refractivity contribution < 1.29 is 5.11 Å². The topological polar surface area (TPSA) is 101 Å². The zero-order valence-electron chi connectivity index (χ0n) is 17.6. The summed E-state index contributed by atoms with van der Waals surface area (Å²) in [5.74, 6) is 3.24. The second kappa shape index (κ2) is 7.02. The van der Waals surface area contributed by atoms with Gasteiger partial charge in [-0.1, -0.05) is 12.1 Å². The van der Waals surface area contributed by atoms with Crippen molar-refractivity contribution in [3.8, 4) is 0 Å². The van der Waals surface area contributed by atoms with Gasteiger partial charge in [0.25, 0.3) is 0 Å². The molecule has 160 valence electrons. The number of aliphatic hydroxyl groups is 1. The number of aryl methyl sites for hydroxylation is 1. The Morgan fingerprint density at radius 1 is 1.23 bits per heavy atom. The SMILES string of the molecule is Cc1cnc(Nc2cccc(Cn3cncn3)c2)nc1NC1C2CC3CC(O)(C2)CC31. The highest BCUT2D eigenvalue weighted by atomic mass is 16.3. The van der Waals surface area contributed by atoms with Crippen molar-refractivity contribution in [3.63, 3.8) is 0 Å². The van der Waals surface area contributed by atoms with Crippen LogP contribution in [0.4, 0.5) is 17.5 Å². The summed E-state index contributed by atoms with van der Waals surface area (Å²) in [7, 11) is 0. The molecule has 4 bridgehead atoms. The van der Waals surface area contributed by atoms with Crippen molar-refractivity contribution in [2.24, 2.45) is 17.8 Å². The van der Waals surface area contributed by atoms with E-state index in [1.165, 1.54) is 6.42 Å². The lowest BCUT2D eigenvalue weighted by atomic mass is 9.76. The van der Waals surface area contributed by atoms with Crippen LogP contribution in [0, 0.1) is 24.7 Å². The Labute approximate surface area is 181 Å². The molecule has 0 radical (unpaired) electrons. The third-order valence-corrected chi connectivity index (χ3v) is 7.35. The van der Waals surface area contributed by atoms with Crippen LogP contribution in [-0.2, 0) is 6.54 Å². The third-order valence-electron chi connectivity index (χ3n) is 7.35. The van der Waals surface area contributed by atoms with Crippen LogP contribution >= 0.6 is 0 Å². The average molecular weight is 418 g/mol. The maximum atomic E-state index is 10.7. The molecule has 31 heavy (non-hydrogen) atoms. The molecule has 0 aliphatic heterocycles. The molecule has 4 fully saturated rings. The molecule has 4 saturated carbocycles. The Kier molecular flexibility index (Phi) is 4.24. The van der Waals surface area contributed by atoms with Crippen molar-refractivity contribution in [1.82, 2.24) is 24.7 Å². The minimum atomic E-state index is -0.402. The van der Waals surface area contributed by atoms with Gasteiger partial charge in [0.1, 0.15) is 18.5 Å². The first kappa shape index (κ1) is 18.7. The Morgan fingerprint density at radius 3 is 2.97 bits per heavy atom. The average Bonchev–Trinajstić information content (AvgIpc) is 3.39. The number of aromatic nitrogens is 5. The summed E-state index contributed by atoms with van der Waals surface area (Å²) in [5.41, 5.74) is 2.70. The Balaban J connectivity index is 1.19. The van der Waals surface area contributed by atoms with E-state index in [2.05, 4.69) is 37.8 Å². The van der Waals surface area contributed by atoms with E-state index in [-0.39, 0.29) is 0 Å². The van der Waals surface area contributed by atoms with E-state index in [1.54, 1.807) is 17.3 Å². The maximum Gasteiger partial charge on any atom is 0.229 e. The molecule has 8 nitrogen and oxygen atoms in total. The van der Waals surface area contributed by atoms with Gasteiger partial charge in [-0.2, -0.15) is 10.1 Å². The minimum Gasteiger partial charge on any atom is -0.390 e. The van der Waals surface area contributed by atoms with Crippen molar-refractivity contribution in [3.05, 3.63) is 54.2 Å². The first-order valence-corrected chi connectivity index (χ1v) is 11.1. The van der Waals surface area contributed by atoms with E-state index >= 15 is 0 Å². The number of hydrogen-bond acceptors (Lipinski definition) is 7. The highest BCUT2D eigenvalue weighted by molar-refractivity contribution is 5.57. The molecule has 5 atom stereocenters. The van der Waals surface area contributed by atoms with E-state index in [0.29, 0.717) is 36.3 Å². The molecule has 7 rings (SSSR count). The first-order valence-electron chi connectivity index (χ1n) is 11.1. The monoisotopic (exact) mass is 417 g/mol. The second-order valence-corrected chi connectivity index (χ2v) is 9.57. The highest BCUT2D eigenvalue weighted by Gasteiger charge is 2.60. The maximum absolute atomic E-state index is 10.7. The van der Waals surface area contributed by atoms with Crippen molar-refractivity contribution in [1.29, 1.82) is 0 Å². The van der Waals surface area contributed by atoms with Crippen molar-refractivity contribution in [2.75, 3.05) is 10.6 Å². The van der Waals surface area contributed by atoms with Gasteiger partial charge in [-0.3, -0.25) is 0 Å². The predicted molar refractivity (Wildman–Crippen MR) is 117 cm³/mol. The van der Waals surface area contributed by atoms with Crippen LogP contribution in [0.1, 0.15) is 36.8 Å². The highest BCUT2D eigenvalue weighted by Crippen LogP contribution is 2.60. The summed E-state index contributed by atoms with van der Waals surface area (Å²) in [6.07, 6.45) is 9.19. The fraction of sp³-hybridized carbons (Fsp3) is 0.478. The normalized spacial score (nSPS) is 30.6. The van der Waals surface area contributed by atoms with Crippen LogP contribution in [0.25, 0.3) is 0 Å². The molecule has 0 saturated heterocycles. The lowest BCUT2D eigenvalue weighted by Crippen LogP contribution is -2.43. The smallest absolute Gasteiger partial charge is 0.229 e. The second-order valence-electron chi connectivity index (χ2n) is 9.57. The number of benzene rings is 1. The zero-order valence-corrected chi connectivity index (χ0v) is 17.6. The fourth-order valence-electron chi connectivity index (χ4n) is 6.17. The number of anilines is 3. The van der Waals surface area contributed by atoms with Gasteiger partial charge in [-0.25, -0.2) is 14.6 Å². The number of nitrogens with one attached hydrogen (secondary N) is 2. The van der Waals surface area contributed by atoms with Crippen LogP contribution in [-0.4, -0.2) is 41.5 Å². The number of rotatable bonds is 6. The molecule has 2 aromatic heterocycles. The molecule has 8 heteroatoms. The van der Waals surface area contributed by atoms with Crippen LogP contribution in [0.2, 0.25) is 0 Å². The molecule has 3 aromatic rings. The standard InChI is InChI=1S/C23H27N7O/c1-14-10-25-22(27-18-4-2-3-15(5-18)11-30-13-24-12-26-30)29-21(14)28-20-17-6-16-7-23(31,8-17)9-19(16)20/h2-5,10,12-13,16-17,19-20,31H,6-9,11H2,1H3,(H2,25,27,28,29). The largest absolute Gasteiger partial charge is 0.390 e. The molecule has 4 aliphatic rings. The number of hydrogen-bond donors (Lipinski definition) is 3. The molecule has 1 aromatic carbocycles. The fourth-order valence-corrected chi connectivity index (χ4v) is 6.17. The van der Waals surface area contributed by atoms with Gasteiger partial charge in [0.05, 0.1) is 12.1 Å². The lowest BCUT2D eigenvalue weighted by molar-refractivity contribution is -0.0140. The summed E-state index contributed by atoms with van der Waals surface area (Å²) in [5, 5.41) is 21.9. The van der Waals surface area contributed by atoms with Crippen molar-refractivity contribution in [2.45, 2.75) is 50.8 Å². The van der Waals surface area contributed by atoms with E-state index in [1.807, 2.05) is 25.3 Å². The molecule has 4 aliphatic carbocycles. The van der Waals surface area contributed by atoms with E-state index in [0.717, 1.165) is 41.9 Å². The Morgan fingerprint density at radius 2 is 2.13 bits per heavy atom. The van der Waals surface area contributed by atoms with Gasteiger partial charge in [0.15, 0.2) is 0 Å². The third kappa shape index (κ3) is 3.44. The predicted octanol–water partition coefficient (Wildman–Crippen LogP) is 3.13. The van der Waals surface area contributed by atoms with Crippen LogP contribution < -0.4 is 10.6 Å². The van der Waals surface area contributed by atoms with Gasteiger partial charge in [0.2, 0.25) is 5.95 Å². The van der Waals surface area contributed by atoms with E-state index in [9.17, 15) is 5.11 Å². The van der Waals surface area contributed by atoms with Gasteiger partial charge in [-0.15, -0.1) is 0 Å². The number of nitrogens with zero attached hydrogens (tertiary/aromatic N) is 5. The van der Waals surface area contributed by atoms with E-state index in [4.69, 9.17) is 4.98 Å². The summed E-state index contributed by atoms with van der Waals surface area (Å²) in [6.45, 7) is 2.71. The molecule has 5 unspecified atom stereocenters. The Hall–Kier alpha value is -3.00. The molecular formula is C23H27N7O. The van der Waals surface area contributed by atoms with Crippen LogP contribution in [0.15, 0.2) is 43.1 Å².